The molecule has 0 saturated carbocycles. The van der Waals surface area contributed by atoms with Gasteiger partial charge in [0.2, 0.25) is 0 Å². The summed E-state index contributed by atoms with van der Waals surface area (Å²) < 4.78 is 0. The molecule has 0 atom stereocenters. The summed E-state index contributed by atoms with van der Waals surface area (Å²) in [6.07, 6.45) is 3.30. The second kappa shape index (κ2) is 6.41. The van der Waals surface area contributed by atoms with E-state index in [4.69, 9.17) is 0 Å². The van der Waals surface area contributed by atoms with E-state index in [-0.39, 0.29) is 11.5 Å². The molecule has 0 radical (unpaired) electrons. The van der Waals surface area contributed by atoms with Gasteiger partial charge in [-0.25, -0.2) is 4.98 Å². The molecule has 1 aliphatic heterocycles. The highest BCUT2D eigenvalue weighted by atomic mass is 32.1. The minimum absolute atomic E-state index is 0.0405. The molecule has 1 saturated heterocycles. The van der Waals surface area contributed by atoms with Gasteiger partial charge in [-0.15, -0.1) is 11.3 Å². The number of hydrogen-bond donors (Lipinski definition) is 1. The van der Waals surface area contributed by atoms with Crippen molar-refractivity contribution < 1.29 is 4.79 Å². The van der Waals surface area contributed by atoms with Crippen molar-refractivity contribution in [1.29, 1.82) is 0 Å². The lowest BCUT2D eigenvalue weighted by Crippen LogP contribution is -2.35. The summed E-state index contributed by atoms with van der Waals surface area (Å²) in [5.41, 5.74) is 0.601. The van der Waals surface area contributed by atoms with Gasteiger partial charge in [0.05, 0.1) is 16.8 Å². The lowest BCUT2D eigenvalue weighted by molar-refractivity contribution is 0.0728. The smallest absolute Gasteiger partial charge is 0.264 e. The molecule has 124 valence electrons. The van der Waals surface area contributed by atoms with Crippen LogP contribution in [0.25, 0.3) is 10.2 Å². The molecule has 3 heterocycles. The third-order valence-electron chi connectivity index (χ3n) is 4.15. The van der Waals surface area contributed by atoms with E-state index in [0.29, 0.717) is 27.5 Å². The summed E-state index contributed by atoms with van der Waals surface area (Å²) in [6, 6.07) is 0. The van der Waals surface area contributed by atoms with E-state index in [0.717, 1.165) is 31.5 Å². The largest absolute Gasteiger partial charge is 0.338 e. The average molecular weight is 334 g/mol. The topological polar surface area (TPSA) is 69.3 Å². The summed E-state index contributed by atoms with van der Waals surface area (Å²) >= 11 is 1.34. The maximum absolute atomic E-state index is 12.8. The number of carbonyl (C=O) groups excluding carboxylic acids is 1. The SMILES string of the molecule is Cc1c(C(=O)N2CCCCC2)sc2nc(CN(C)C)[nH]c(=O)c12. The molecule has 0 aliphatic carbocycles. The number of nitrogens with zero attached hydrogens (tertiary/aromatic N) is 3. The zero-order valence-electron chi connectivity index (χ0n) is 13.8. The Morgan fingerprint density at radius 1 is 1.30 bits per heavy atom. The van der Waals surface area contributed by atoms with Gasteiger partial charge in [-0.2, -0.15) is 0 Å². The van der Waals surface area contributed by atoms with Crippen LogP contribution in [0, 0.1) is 6.92 Å². The van der Waals surface area contributed by atoms with Crippen LogP contribution in [0.1, 0.15) is 40.3 Å². The first kappa shape index (κ1) is 16.1. The Morgan fingerprint density at radius 3 is 2.65 bits per heavy atom. The number of H-pyrrole nitrogens is 1. The first-order chi connectivity index (χ1) is 11.0. The number of rotatable bonds is 3. The number of carbonyl (C=O) groups is 1. The van der Waals surface area contributed by atoms with Crippen LogP contribution in [0.5, 0.6) is 0 Å². The lowest BCUT2D eigenvalue weighted by atomic mass is 10.1. The Kier molecular flexibility index (Phi) is 4.50. The minimum atomic E-state index is -0.154. The van der Waals surface area contributed by atoms with Crippen LogP contribution < -0.4 is 5.56 Å². The fraction of sp³-hybridized carbons (Fsp3) is 0.562. The molecular formula is C16H22N4O2S. The average Bonchev–Trinajstić information content (AvgIpc) is 2.84. The van der Waals surface area contributed by atoms with Crippen molar-refractivity contribution in [2.45, 2.75) is 32.7 Å². The third-order valence-corrected chi connectivity index (χ3v) is 5.33. The minimum Gasteiger partial charge on any atom is -0.338 e. The summed E-state index contributed by atoms with van der Waals surface area (Å²) in [5.74, 6) is 0.671. The Balaban J connectivity index is 2.02. The van der Waals surface area contributed by atoms with Gasteiger partial charge in [0, 0.05) is 13.1 Å². The predicted octanol–water partition coefficient (Wildman–Crippen LogP) is 1.98. The maximum atomic E-state index is 12.8. The van der Waals surface area contributed by atoms with Crippen molar-refractivity contribution in [2.75, 3.05) is 27.2 Å². The van der Waals surface area contributed by atoms with Gasteiger partial charge in [0.25, 0.3) is 11.5 Å². The number of likely N-dealkylation sites (tertiary alicyclic amines) is 1. The van der Waals surface area contributed by atoms with E-state index in [9.17, 15) is 9.59 Å². The van der Waals surface area contributed by atoms with Crippen molar-refractivity contribution in [3.63, 3.8) is 0 Å². The molecule has 1 fully saturated rings. The highest BCUT2D eigenvalue weighted by Crippen LogP contribution is 2.29. The van der Waals surface area contributed by atoms with Crippen molar-refractivity contribution in [3.05, 3.63) is 26.6 Å². The molecule has 0 spiro atoms. The van der Waals surface area contributed by atoms with Crippen LogP contribution in [0.4, 0.5) is 0 Å². The van der Waals surface area contributed by atoms with Crippen molar-refractivity contribution in [3.8, 4) is 0 Å². The fourth-order valence-corrected chi connectivity index (χ4v) is 4.18. The summed E-state index contributed by atoms with van der Waals surface area (Å²) in [5, 5.41) is 0.554. The number of aromatic nitrogens is 2. The Bertz CT molecular complexity index is 787. The Labute approximate surface area is 139 Å². The predicted molar refractivity (Wildman–Crippen MR) is 92.1 cm³/mol. The van der Waals surface area contributed by atoms with Crippen LogP contribution in [-0.2, 0) is 6.54 Å². The molecule has 6 nitrogen and oxygen atoms in total. The van der Waals surface area contributed by atoms with E-state index in [1.54, 1.807) is 0 Å². The van der Waals surface area contributed by atoms with E-state index in [2.05, 4.69) is 9.97 Å². The molecule has 0 bridgehead atoms. The lowest BCUT2D eigenvalue weighted by Gasteiger charge is -2.26. The van der Waals surface area contributed by atoms with Gasteiger partial charge < -0.3 is 14.8 Å². The van der Waals surface area contributed by atoms with Crippen LogP contribution in [0.15, 0.2) is 4.79 Å². The van der Waals surface area contributed by atoms with Crippen LogP contribution in [-0.4, -0.2) is 52.9 Å². The fourth-order valence-electron chi connectivity index (χ4n) is 3.01. The zero-order valence-corrected chi connectivity index (χ0v) is 14.6. The first-order valence-electron chi connectivity index (χ1n) is 7.93. The van der Waals surface area contributed by atoms with E-state index in [1.165, 1.54) is 17.8 Å². The normalized spacial score (nSPS) is 15.6. The van der Waals surface area contributed by atoms with Crippen molar-refractivity contribution in [1.82, 2.24) is 19.8 Å². The molecular weight excluding hydrogens is 312 g/mol. The third kappa shape index (κ3) is 3.16. The van der Waals surface area contributed by atoms with E-state index < -0.39 is 0 Å². The number of nitrogens with one attached hydrogen (secondary N) is 1. The zero-order chi connectivity index (χ0) is 16.6. The van der Waals surface area contributed by atoms with Crippen LogP contribution in [0.2, 0.25) is 0 Å². The highest BCUT2D eigenvalue weighted by Gasteiger charge is 2.24. The molecule has 3 rings (SSSR count). The van der Waals surface area contributed by atoms with Gasteiger partial charge in [0.15, 0.2) is 0 Å². The van der Waals surface area contributed by atoms with Crippen molar-refractivity contribution in [2.24, 2.45) is 0 Å². The second-order valence-electron chi connectivity index (χ2n) is 6.34. The van der Waals surface area contributed by atoms with Gasteiger partial charge in [-0.3, -0.25) is 9.59 Å². The van der Waals surface area contributed by atoms with Gasteiger partial charge in [0.1, 0.15) is 10.7 Å². The molecule has 1 amide bonds. The maximum Gasteiger partial charge on any atom is 0.264 e. The standard InChI is InChI=1S/C16H22N4O2S/c1-10-12-14(21)17-11(9-19(2)3)18-15(12)23-13(10)16(22)20-7-5-4-6-8-20/h4-9H2,1-3H3,(H,17,18,21). The molecule has 23 heavy (non-hydrogen) atoms. The Morgan fingerprint density at radius 2 is 2.00 bits per heavy atom. The molecule has 1 N–H and O–H groups in total. The molecule has 7 heteroatoms. The number of aromatic amines is 1. The molecule has 0 aromatic carbocycles. The Hall–Kier alpha value is -1.73. The molecule has 1 aliphatic rings. The quantitative estimate of drug-likeness (QED) is 0.932. The van der Waals surface area contributed by atoms with Gasteiger partial charge >= 0.3 is 0 Å². The summed E-state index contributed by atoms with van der Waals surface area (Å²) in [4.78, 5) is 37.7. The van der Waals surface area contributed by atoms with Crippen LogP contribution in [0.3, 0.4) is 0 Å². The molecule has 2 aromatic heterocycles. The van der Waals surface area contributed by atoms with Gasteiger partial charge in [-0.05, 0) is 45.8 Å². The number of aryl methyl sites for hydroxylation is 1. The highest BCUT2D eigenvalue weighted by molar-refractivity contribution is 7.20. The first-order valence-corrected chi connectivity index (χ1v) is 8.75. The molecule has 0 unspecified atom stereocenters. The summed E-state index contributed by atoms with van der Waals surface area (Å²) in [7, 11) is 3.85. The summed E-state index contributed by atoms with van der Waals surface area (Å²) in [6.45, 7) is 4.03. The monoisotopic (exact) mass is 334 g/mol. The van der Waals surface area contributed by atoms with Gasteiger partial charge in [-0.1, -0.05) is 0 Å². The number of amides is 1. The number of fused-ring (bicyclic) bond motifs is 1. The number of piperidine rings is 1. The second-order valence-corrected chi connectivity index (χ2v) is 7.34. The van der Waals surface area contributed by atoms with E-state index in [1.807, 2.05) is 30.8 Å². The van der Waals surface area contributed by atoms with Crippen molar-refractivity contribution >= 4 is 27.5 Å². The molecule has 2 aromatic rings. The van der Waals surface area contributed by atoms with E-state index >= 15 is 0 Å². The van der Waals surface area contributed by atoms with Crippen LogP contribution >= 0.6 is 11.3 Å². The number of hydrogen-bond acceptors (Lipinski definition) is 5. The number of thiophene rings is 1.